The molecule has 3 nitrogen and oxygen atoms in total. The van der Waals surface area contributed by atoms with Crippen LogP contribution in [0.2, 0.25) is 0 Å². The lowest BCUT2D eigenvalue weighted by Gasteiger charge is -2.21. The largest absolute Gasteiger partial charge is 0.387 e. The lowest BCUT2D eigenvalue weighted by atomic mass is 9.83. The van der Waals surface area contributed by atoms with Gasteiger partial charge in [-0.3, -0.25) is 9.59 Å². The van der Waals surface area contributed by atoms with E-state index in [0.717, 1.165) is 0 Å². The fraction of sp³-hybridized carbons (Fsp3) is 0.0769. The molecule has 1 aromatic rings. The summed E-state index contributed by atoms with van der Waals surface area (Å²) in [5, 5.41) is 2.95. The summed E-state index contributed by atoms with van der Waals surface area (Å²) in [4.78, 5) is 24.2. The molecule has 0 atom stereocenters. The minimum Gasteiger partial charge on any atom is -0.387 e. The van der Waals surface area contributed by atoms with E-state index in [1.807, 2.05) is 0 Å². The maximum absolute atomic E-state index is 12.1. The Morgan fingerprint density at radius 1 is 1.00 bits per heavy atom. The molecule has 0 saturated carbocycles. The summed E-state index contributed by atoms with van der Waals surface area (Å²) in [6.45, 7) is 0.435. The number of hydrogen-bond donors (Lipinski definition) is 1. The fourth-order valence-electron chi connectivity index (χ4n) is 2.10. The van der Waals surface area contributed by atoms with Crippen molar-refractivity contribution in [2.45, 2.75) is 0 Å². The fourth-order valence-corrected chi connectivity index (χ4v) is 2.10. The topological polar surface area (TPSA) is 46.2 Å². The third kappa shape index (κ3) is 1.08. The Bertz CT molecular complexity index is 567. The van der Waals surface area contributed by atoms with Crippen molar-refractivity contribution in [3.8, 4) is 0 Å². The van der Waals surface area contributed by atoms with Gasteiger partial charge in [0.25, 0.3) is 0 Å². The number of dihydropyridines is 1. The lowest BCUT2D eigenvalue weighted by molar-refractivity contribution is 0.0975. The van der Waals surface area contributed by atoms with Crippen LogP contribution in [0.5, 0.6) is 0 Å². The van der Waals surface area contributed by atoms with Crippen molar-refractivity contribution in [2.75, 3.05) is 6.54 Å². The van der Waals surface area contributed by atoms with E-state index < -0.39 is 0 Å². The zero-order valence-electron chi connectivity index (χ0n) is 8.49. The summed E-state index contributed by atoms with van der Waals surface area (Å²) in [5.41, 5.74) is 2.13. The standard InChI is InChI=1S/C13H9NO2/c15-12-8-3-1-2-4-9(8)13(16)11-7-14-6-5-10(11)12/h1-6,14H,7H2. The first-order valence-corrected chi connectivity index (χ1v) is 5.10. The van der Waals surface area contributed by atoms with Gasteiger partial charge in [0, 0.05) is 28.8 Å². The summed E-state index contributed by atoms with van der Waals surface area (Å²) in [6.07, 6.45) is 3.38. The van der Waals surface area contributed by atoms with Crippen LogP contribution in [-0.4, -0.2) is 18.1 Å². The molecule has 0 fully saturated rings. The number of ketones is 2. The molecule has 0 aromatic heterocycles. The number of carbonyl (C=O) groups is 2. The van der Waals surface area contributed by atoms with Crippen molar-refractivity contribution in [3.05, 3.63) is 58.8 Å². The Hall–Kier alpha value is -2.16. The summed E-state index contributed by atoms with van der Waals surface area (Å²) in [6, 6.07) is 6.97. The first-order chi connectivity index (χ1) is 7.79. The van der Waals surface area contributed by atoms with Crippen molar-refractivity contribution in [2.24, 2.45) is 0 Å². The molecule has 1 N–H and O–H groups in total. The second-order valence-corrected chi connectivity index (χ2v) is 3.81. The molecule has 0 radical (unpaired) electrons. The minimum absolute atomic E-state index is 0.0398. The van der Waals surface area contributed by atoms with Crippen LogP contribution in [0.25, 0.3) is 0 Å². The zero-order valence-corrected chi connectivity index (χ0v) is 8.49. The van der Waals surface area contributed by atoms with E-state index in [2.05, 4.69) is 5.32 Å². The van der Waals surface area contributed by atoms with Crippen molar-refractivity contribution in [3.63, 3.8) is 0 Å². The molecule has 1 aliphatic heterocycles. The number of allylic oxidation sites excluding steroid dienone is 2. The van der Waals surface area contributed by atoms with E-state index in [-0.39, 0.29) is 11.6 Å². The van der Waals surface area contributed by atoms with E-state index in [0.29, 0.717) is 28.8 Å². The number of carbonyl (C=O) groups excluding carboxylic acids is 2. The molecule has 3 heteroatoms. The predicted molar refractivity (Wildman–Crippen MR) is 59.3 cm³/mol. The average molecular weight is 211 g/mol. The maximum Gasteiger partial charge on any atom is 0.194 e. The molecular formula is C13H9NO2. The first kappa shape index (κ1) is 9.09. The van der Waals surface area contributed by atoms with Gasteiger partial charge in [-0.1, -0.05) is 24.3 Å². The summed E-state index contributed by atoms with van der Waals surface area (Å²) in [5.74, 6) is -0.0926. The molecule has 2 aliphatic rings. The number of Topliss-reactive ketones (excluding diaryl/α,β-unsaturated/α-hetero) is 2. The number of fused-ring (bicyclic) bond motifs is 1. The highest BCUT2D eigenvalue weighted by molar-refractivity contribution is 6.28. The van der Waals surface area contributed by atoms with Crippen LogP contribution in [0.4, 0.5) is 0 Å². The van der Waals surface area contributed by atoms with Gasteiger partial charge in [0.1, 0.15) is 0 Å². The van der Waals surface area contributed by atoms with Gasteiger partial charge in [0.15, 0.2) is 11.6 Å². The van der Waals surface area contributed by atoms with Crippen LogP contribution in [0.3, 0.4) is 0 Å². The quantitative estimate of drug-likeness (QED) is 0.707. The van der Waals surface area contributed by atoms with Crippen LogP contribution < -0.4 is 5.32 Å². The summed E-state index contributed by atoms with van der Waals surface area (Å²) >= 11 is 0. The molecule has 1 heterocycles. The third-order valence-electron chi connectivity index (χ3n) is 2.91. The van der Waals surface area contributed by atoms with Crippen LogP contribution >= 0.6 is 0 Å². The molecule has 0 spiro atoms. The molecule has 0 unspecified atom stereocenters. The lowest BCUT2D eigenvalue weighted by Crippen LogP contribution is -2.29. The zero-order chi connectivity index (χ0) is 11.1. The Kier molecular flexibility index (Phi) is 1.80. The van der Waals surface area contributed by atoms with Gasteiger partial charge in [-0.05, 0) is 12.3 Å². The van der Waals surface area contributed by atoms with Crippen LogP contribution in [0.15, 0.2) is 47.7 Å². The van der Waals surface area contributed by atoms with E-state index in [1.165, 1.54) is 0 Å². The van der Waals surface area contributed by atoms with Gasteiger partial charge in [0.2, 0.25) is 0 Å². The normalized spacial score (nSPS) is 18.0. The molecular weight excluding hydrogens is 202 g/mol. The van der Waals surface area contributed by atoms with E-state index in [4.69, 9.17) is 0 Å². The monoisotopic (exact) mass is 211 g/mol. The molecule has 3 rings (SSSR count). The average Bonchev–Trinajstić information content (AvgIpc) is 2.36. The Labute approximate surface area is 92.5 Å². The number of hydrogen-bond acceptors (Lipinski definition) is 3. The van der Waals surface area contributed by atoms with E-state index in [9.17, 15) is 9.59 Å². The van der Waals surface area contributed by atoms with Crippen molar-refractivity contribution < 1.29 is 9.59 Å². The molecule has 0 saturated heterocycles. The SMILES string of the molecule is O=C1C2=C(CNC=C2)C(=O)c2ccccc21. The van der Waals surface area contributed by atoms with Gasteiger partial charge >= 0.3 is 0 Å². The van der Waals surface area contributed by atoms with Gasteiger partial charge < -0.3 is 5.32 Å². The smallest absolute Gasteiger partial charge is 0.194 e. The second kappa shape index (κ2) is 3.17. The Morgan fingerprint density at radius 3 is 2.44 bits per heavy atom. The highest BCUT2D eigenvalue weighted by atomic mass is 16.1. The van der Waals surface area contributed by atoms with Crippen molar-refractivity contribution >= 4 is 11.6 Å². The minimum atomic E-state index is -0.0528. The predicted octanol–water partition coefficient (Wildman–Crippen LogP) is 1.48. The van der Waals surface area contributed by atoms with Crippen molar-refractivity contribution in [1.29, 1.82) is 0 Å². The van der Waals surface area contributed by atoms with E-state index >= 15 is 0 Å². The Morgan fingerprint density at radius 2 is 1.69 bits per heavy atom. The first-order valence-electron chi connectivity index (χ1n) is 5.10. The molecule has 0 bridgehead atoms. The highest BCUT2D eigenvalue weighted by Gasteiger charge is 2.31. The molecule has 78 valence electrons. The van der Waals surface area contributed by atoms with Gasteiger partial charge in [-0.2, -0.15) is 0 Å². The summed E-state index contributed by atoms with van der Waals surface area (Å²) in [7, 11) is 0. The number of nitrogens with one attached hydrogen (secondary N) is 1. The van der Waals surface area contributed by atoms with Crippen LogP contribution in [0, 0.1) is 0 Å². The molecule has 1 aromatic carbocycles. The van der Waals surface area contributed by atoms with Gasteiger partial charge in [-0.15, -0.1) is 0 Å². The van der Waals surface area contributed by atoms with Crippen LogP contribution in [-0.2, 0) is 0 Å². The highest BCUT2D eigenvalue weighted by Crippen LogP contribution is 2.27. The number of rotatable bonds is 0. The maximum atomic E-state index is 12.1. The molecule has 16 heavy (non-hydrogen) atoms. The van der Waals surface area contributed by atoms with E-state index in [1.54, 1.807) is 36.5 Å². The van der Waals surface area contributed by atoms with Crippen LogP contribution in [0.1, 0.15) is 20.7 Å². The van der Waals surface area contributed by atoms with Gasteiger partial charge in [-0.25, -0.2) is 0 Å². The second-order valence-electron chi connectivity index (χ2n) is 3.81. The van der Waals surface area contributed by atoms with Crippen molar-refractivity contribution in [1.82, 2.24) is 5.32 Å². The molecule has 1 aliphatic carbocycles. The third-order valence-corrected chi connectivity index (χ3v) is 2.91. The molecule has 0 amide bonds. The Balaban J connectivity index is 2.26. The van der Waals surface area contributed by atoms with Gasteiger partial charge in [0.05, 0.1) is 0 Å². The summed E-state index contributed by atoms with van der Waals surface area (Å²) < 4.78 is 0. The number of benzene rings is 1.